The van der Waals surface area contributed by atoms with Crippen LogP contribution in [0.2, 0.25) is 0 Å². The summed E-state index contributed by atoms with van der Waals surface area (Å²) < 4.78 is 0. The van der Waals surface area contributed by atoms with Crippen molar-refractivity contribution in [2.45, 2.75) is 24.4 Å². The topological polar surface area (TPSA) is 118 Å². The smallest absolute Gasteiger partial charge is 0.232 e. The van der Waals surface area contributed by atoms with E-state index in [-0.39, 0.29) is 0 Å². The van der Waals surface area contributed by atoms with Crippen molar-refractivity contribution >= 4 is 6.29 Å². The van der Waals surface area contributed by atoms with Crippen LogP contribution in [0.25, 0.3) is 0 Å². The first-order chi connectivity index (χ1) is 5.54. The van der Waals surface area contributed by atoms with Gasteiger partial charge < -0.3 is 25.5 Å². The van der Waals surface area contributed by atoms with Gasteiger partial charge in [0.1, 0.15) is 24.4 Å². The first kappa shape index (κ1) is 11.5. The van der Waals surface area contributed by atoms with Gasteiger partial charge in [-0.3, -0.25) is 4.79 Å². The highest BCUT2D eigenvalue weighted by molar-refractivity contribution is 5.57. The third-order valence-electron chi connectivity index (χ3n) is 1.38. The Morgan fingerprint density at radius 3 is 1.92 bits per heavy atom. The molecule has 0 unspecified atom stereocenters. The van der Waals surface area contributed by atoms with E-state index in [9.17, 15) is 4.79 Å². The Hall–Kier alpha value is -0.530. The molecule has 0 aliphatic carbocycles. The van der Waals surface area contributed by atoms with E-state index in [0.29, 0.717) is 0 Å². The Morgan fingerprint density at radius 2 is 1.58 bits per heavy atom. The van der Waals surface area contributed by atoms with E-state index in [2.05, 4.69) is 0 Å². The van der Waals surface area contributed by atoms with Crippen LogP contribution in [0.5, 0.6) is 0 Å². The molecule has 0 amide bonds. The summed E-state index contributed by atoms with van der Waals surface area (Å²) in [6.07, 6.45) is -6.07. The first-order valence-corrected chi connectivity index (χ1v) is 3.25. The van der Waals surface area contributed by atoms with E-state index in [4.69, 9.17) is 25.5 Å². The van der Waals surface area contributed by atoms with Crippen LogP contribution in [-0.2, 0) is 4.79 Å². The molecule has 0 aromatic heterocycles. The molecule has 0 heterocycles. The second-order valence-electron chi connectivity index (χ2n) is 2.29. The third-order valence-corrected chi connectivity index (χ3v) is 1.38. The van der Waals surface area contributed by atoms with Crippen molar-refractivity contribution in [2.75, 3.05) is 6.61 Å². The average molecular weight is 179 g/mol. The molecule has 6 nitrogen and oxygen atoms in total. The largest absolute Gasteiger partial charge is 0.394 e. The van der Waals surface area contributed by atoms with Gasteiger partial charge in [0, 0.05) is 0 Å². The maximum atomic E-state index is 9.77. The van der Waals surface area contributed by atoms with Crippen LogP contribution < -0.4 is 0 Å². The van der Waals surface area contributed by atoms with Crippen LogP contribution in [0.15, 0.2) is 0 Å². The first-order valence-electron chi connectivity index (χ1n) is 3.25. The second kappa shape index (κ2) is 5.18. The van der Waals surface area contributed by atoms with Gasteiger partial charge in [-0.15, -0.1) is 0 Å². The van der Waals surface area contributed by atoms with Gasteiger partial charge >= 0.3 is 0 Å². The molecule has 0 bridgehead atoms. The molecule has 0 aromatic carbocycles. The highest BCUT2D eigenvalue weighted by Gasteiger charge is 2.29. The number of aliphatic hydroxyl groups is 5. The fourth-order valence-electron chi connectivity index (χ4n) is 0.592. The van der Waals surface area contributed by atoms with Gasteiger partial charge in [-0.25, -0.2) is 0 Å². The molecule has 1 radical (unpaired) electrons. The van der Waals surface area contributed by atoms with Gasteiger partial charge in [0.15, 0.2) is 0 Å². The van der Waals surface area contributed by atoms with Gasteiger partial charge in [-0.2, -0.15) is 0 Å². The lowest BCUT2D eigenvalue weighted by atomic mass is 10.0. The summed E-state index contributed by atoms with van der Waals surface area (Å²) >= 11 is 0. The van der Waals surface area contributed by atoms with Gasteiger partial charge in [0.05, 0.1) is 6.61 Å². The summed E-state index contributed by atoms with van der Waals surface area (Å²) in [6, 6.07) is 0. The summed E-state index contributed by atoms with van der Waals surface area (Å²) in [7, 11) is 0. The Kier molecular flexibility index (Phi) is 4.95. The molecule has 0 spiro atoms. The van der Waals surface area contributed by atoms with Crippen LogP contribution in [0.1, 0.15) is 0 Å². The molecule has 6 heteroatoms. The maximum absolute atomic E-state index is 9.77. The number of aliphatic hydroxyl groups excluding tert-OH is 5. The van der Waals surface area contributed by atoms with Crippen LogP contribution in [0.3, 0.4) is 0 Å². The van der Waals surface area contributed by atoms with E-state index in [1.54, 1.807) is 0 Å². The minimum Gasteiger partial charge on any atom is -0.394 e. The molecule has 0 saturated heterocycles. The minimum atomic E-state index is -1.89. The van der Waals surface area contributed by atoms with Crippen LogP contribution in [0, 0.1) is 0 Å². The summed E-state index contributed by atoms with van der Waals surface area (Å²) in [5.74, 6) is 0. The Morgan fingerprint density at radius 1 is 1.08 bits per heavy atom. The molecule has 5 N–H and O–H groups in total. The van der Waals surface area contributed by atoms with Gasteiger partial charge in [0.25, 0.3) is 0 Å². The fourth-order valence-corrected chi connectivity index (χ4v) is 0.592. The van der Waals surface area contributed by atoms with Crippen molar-refractivity contribution in [3.05, 3.63) is 0 Å². The average Bonchev–Trinajstić information content (AvgIpc) is 2.12. The Bertz CT molecular complexity index is 138. The molecular weight excluding hydrogens is 168 g/mol. The molecule has 0 aliphatic rings. The lowest BCUT2D eigenvalue weighted by molar-refractivity contribution is -0.101. The molecular formula is C6H11O6. The molecule has 0 rings (SSSR count). The second-order valence-corrected chi connectivity index (χ2v) is 2.29. The van der Waals surface area contributed by atoms with Crippen molar-refractivity contribution in [1.82, 2.24) is 0 Å². The predicted molar refractivity (Wildman–Crippen MR) is 36.8 cm³/mol. The number of hydrogen-bond acceptors (Lipinski definition) is 6. The minimum absolute atomic E-state index is 0.774. The zero-order chi connectivity index (χ0) is 9.72. The number of rotatable bonds is 5. The molecule has 0 aliphatic heterocycles. The van der Waals surface area contributed by atoms with Crippen molar-refractivity contribution in [3.63, 3.8) is 0 Å². The summed E-state index contributed by atoms with van der Waals surface area (Å²) in [5, 5.41) is 43.4. The van der Waals surface area contributed by atoms with E-state index in [1.807, 2.05) is 0 Å². The highest BCUT2D eigenvalue weighted by Crippen LogP contribution is 2.02. The van der Waals surface area contributed by atoms with Crippen LogP contribution in [0.4, 0.5) is 0 Å². The van der Waals surface area contributed by atoms with Gasteiger partial charge in [-0.1, -0.05) is 0 Å². The SMILES string of the molecule is O=[C][C@@H](O)[C@@H](O)[C@H](O)[C@H](O)CO. The van der Waals surface area contributed by atoms with Crippen molar-refractivity contribution in [3.8, 4) is 0 Å². The van der Waals surface area contributed by atoms with E-state index in [0.717, 1.165) is 6.29 Å². The van der Waals surface area contributed by atoms with E-state index < -0.39 is 31.0 Å². The van der Waals surface area contributed by atoms with Crippen molar-refractivity contribution in [2.24, 2.45) is 0 Å². The summed E-state index contributed by atoms with van der Waals surface area (Å²) in [5.41, 5.74) is 0. The monoisotopic (exact) mass is 179 g/mol. The Balaban J connectivity index is 4.07. The van der Waals surface area contributed by atoms with E-state index in [1.165, 1.54) is 0 Å². The zero-order valence-corrected chi connectivity index (χ0v) is 6.16. The van der Waals surface area contributed by atoms with Crippen molar-refractivity contribution in [1.29, 1.82) is 0 Å². The summed E-state index contributed by atoms with van der Waals surface area (Å²) in [6.45, 7) is -0.774. The predicted octanol–water partition coefficient (Wildman–Crippen LogP) is -3.47. The number of hydrogen-bond donors (Lipinski definition) is 5. The lowest BCUT2D eigenvalue weighted by Gasteiger charge is -2.22. The zero-order valence-electron chi connectivity index (χ0n) is 6.16. The maximum Gasteiger partial charge on any atom is 0.232 e. The number of carbonyl (C=O) groups excluding carboxylic acids is 1. The fraction of sp³-hybridized carbons (Fsp3) is 0.833. The molecule has 0 saturated carbocycles. The molecule has 0 fully saturated rings. The molecule has 4 atom stereocenters. The van der Waals surface area contributed by atoms with Crippen LogP contribution >= 0.6 is 0 Å². The highest BCUT2D eigenvalue weighted by atomic mass is 16.4. The third kappa shape index (κ3) is 2.84. The summed E-state index contributed by atoms with van der Waals surface area (Å²) in [4.78, 5) is 9.77. The quantitative estimate of drug-likeness (QED) is 0.299. The molecule has 0 aromatic rings. The Labute approximate surface area is 68.7 Å². The van der Waals surface area contributed by atoms with E-state index >= 15 is 0 Å². The molecule has 12 heavy (non-hydrogen) atoms. The van der Waals surface area contributed by atoms with Gasteiger partial charge in [0.2, 0.25) is 6.29 Å². The lowest BCUT2D eigenvalue weighted by Crippen LogP contribution is -2.46. The van der Waals surface area contributed by atoms with Crippen molar-refractivity contribution < 1.29 is 30.3 Å². The van der Waals surface area contributed by atoms with Gasteiger partial charge in [-0.05, 0) is 0 Å². The van der Waals surface area contributed by atoms with Crippen LogP contribution in [-0.4, -0.2) is 62.8 Å². The normalized spacial score (nSPS) is 21.1. The molecule has 71 valence electrons. The standard InChI is InChI=1S/C6H11O6/c7-1-3(9)5(11)6(12)4(10)2-8/h3-7,9-12H,1H2/t3-,4-,5-,6-/m1/s1.